The molecule has 0 bridgehead atoms. The molecular weight excluding hydrogens is 453 g/mol. The van der Waals surface area contributed by atoms with E-state index in [-0.39, 0.29) is 34.1 Å². The summed E-state index contributed by atoms with van der Waals surface area (Å²) in [4.78, 5) is 17.8. The zero-order chi connectivity index (χ0) is 23.6. The standard InChI is InChI=1S/C23H25F3N4O2S/c1-27-22(16-5-3-2-4-6-16,17-11-13-28-14-12-17)29-15-20(31)30(21(29)32)18-7-9-19(10-8-18)33-23(24,25)26/h7-16,27,31H,2-6H2,1H3. The highest BCUT2D eigenvalue weighted by atomic mass is 32.2. The van der Waals surface area contributed by atoms with Crippen molar-refractivity contribution in [3.8, 4) is 11.6 Å². The Hall–Kier alpha value is -2.72. The Morgan fingerprint density at radius 3 is 2.27 bits per heavy atom. The lowest BCUT2D eigenvalue weighted by molar-refractivity contribution is -0.0328. The number of thioether (sulfide) groups is 1. The van der Waals surface area contributed by atoms with Gasteiger partial charge in [-0.1, -0.05) is 19.3 Å². The van der Waals surface area contributed by atoms with Gasteiger partial charge in [-0.2, -0.15) is 13.2 Å². The second kappa shape index (κ2) is 9.26. The Balaban J connectivity index is 1.82. The molecule has 0 amide bonds. The lowest BCUT2D eigenvalue weighted by atomic mass is 9.76. The van der Waals surface area contributed by atoms with Crippen LogP contribution >= 0.6 is 11.8 Å². The van der Waals surface area contributed by atoms with Crippen molar-refractivity contribution in [3.05, 3.63) is 71.0 Å². The number of nitrogens with zero attached hydrogens (tertiary/aromatic N) is 3. The van der Waals surface area contributed by atoms with Gasteiger partial charge in [0.15, 0.2) is 0 Å². The maximum atomic E-state index is 13.7. The van der Waals surface area contributed by atoms with Gasteiger partial charge in [0.2, 0.25) is 5.88 Å². The van der Waals surface area contributed by atoms with E-state index in [1.807, 2.05) is 12.1 Å². The predicted molar refractivity (Wildman–Crippen MR) is 121 cm³/mol. The molecule has 1 atom stereocenters. The van der Waals surface area contributed by atoms with Gasteiger partial charge in [-0.15, -0.1) is 0 Å². The number of hydrogen-bond acceptors (Lipinski definition) is 5. The summed E-state index contributed by atoms with van der Waals surface area (Å²) in [5.41, 5.74) is -4.66. The van der Waals surface area contributed by atoms with Crippen molar-refractivity contribution in [2.24, 2.45) is 5.92 Å². The van der Waals surface area contributed by atoms with E-state index in [0.717, 1.165) is 42.2 Å². The molecule has 1 aliphatic rings. The van der Waals surface area contributed by atoms with E-state index in [1.165, 1.54) is 35.0 Å². The van der Waals surface area contributed by atoms with Gasteiger partial charge in [0.05, 0.1) is 11.9 Å². The summed E-state index contributed by atoms with van der Waals surface area (Å²) in [6, 6.07) is 9.07. The van der Waals surface area contributed by atoms with Crippen molar-refractivity contribution in [2.45, 2.75) is 48.2 Å². The van der Waals surface area contributed by atoms with Crippen molar-refractivity contribution < 1.29 is 18.3 Å². The molecule has 0 aliphatic heterocycles. The number of hydrogen-bond donors (Lipinski definition) is 2. The molecule has 3 aromatic rings. The van der Waals surface area contributed by atoms with Crippen LogP contribution in [0.5, 0.6) is 5.88 Å². The van der Waals surface area contributed by atoms with Crippen LogP contribution in [0, 0.1) is 5.92 Å². The minimum atomic E-state index is -4.40. The third-order valence-electron chi connectivity index (χ3n) is 6.28. The van der Waals surface area contributed by atoms with Crippen molar-refractivity contribution >= 4 is 11.8 Å². The molecule has 1 saturated carbocycles. The molecule has 0 radical (unpaired) electrons. The van der Waals surface area contributed by atoms with Crippen LogP contribution in [0.4, 0.5) is 13.2 Å². The summed E-state index contributed by atoms with van der Waals surface area (Å²) in [7, 11) is 1.79. The predicted octanol–water partition coefficient (Wildman–Crippen LogP) is 4.85. The summed E-state index contributed by atoms with van der Waals surface area (Å²) in [6.45, 7) is 0. The van der Waals surface area contributed by atoms with Crippen molar-refractivity contribution in [3.63, 3.8) is 0 Å². The third-order valence-corrected chi connectivity index (χ3v) is 7.02. The largest absolute Gasteiger partial charge is 0.493 e. The van der Waals surface area contributed by atoms with E-state index in [9.17, 15) is 23.1 Å². The van der Waals surface area contributed by atoms with E-state index < -0.39 is 16.9 Å². The number of benzene rings is 1. The number of alkyl halides is 3. The Bertz CT molecular complexity index is 1140. The van der Waals surface area contributed by atoms with Gasteiger partial charge < -0.3 is 5.11 Å². The Morgan fingerprint density at radius 2 is 1.70 bits per heavy atom. The van der Waals surface area contributed by atoms with Gasteiger partial charge in [-0.25, -0.2) is 9.36 Å². The second-order valence-electron chi connectivity index (χ2n) is 8.10. The molecule has 1 fully saturated rings. The molecule has 6 nitrogen and oxygen atoms in total. The summed E-state index contributed by atoms with van der Waals surface area (Å²) in [5.74, 6) is -0.196. The molecule has 2 aromatic heterocycles. The first-order valence-corrected chi connectivity index (χ1v) is 11.6. The lowest BCUT2D eigenvalue weighted by Gasteiger charge is -2.43. The highest BCUT2D eigenvalue weighted by Crippen LogP contribution is 2.41. The molecular formula is C23H25F3N4O2S. The normalized spacial score (nSPS) is 17.1. The van der Waals surface area contributed by atoms with Crippen LogP contribution in [0.2, 0.25) is 0 Å². The summed E-state index contributed by atoms with van der Waals surface area (Å²) in [5, 5.41) is 14.1. The Labute approximate surface area is 193 Å². The lowest BCUT2D eigenvalue weighted by Crippen LogP contribution is -2.56. The molecule has 0 saturated heterocycles. The van der Waals surface area contributed by atoms with Gasteiger partial charge in [-0.3, -0.25) is 14.9 Å². The van der Waals surface area contributed by atoms with Crippen molar-refractivity contribution in [1.82, 2.24) is 19.4 Å². The van der Waals surface area contributed by atoms with Crippen LogP contribution in [0.15, 0.2) is 64.7 Å². The van der Waals surface area contributed by atoms with E-state index in [0.29, 0.717) is 0 Å². The highest BCUT2D eigenvalue weighted by Gasteiger charge is 2.43. The number of aromatic hydroxyl groups is 1. The number of nitrogens with one attached hydrogen (secondary N) is 1. The van der Waals surface area contributed by atoms with Gasteiger partial charge in [0, 0.05) is 23.2 Å². The quantitative estimate of drug-likeness (QED) is 0.496. The molecule has 2 N–H and O–H groups in total. The molecule has 0 spiro atoms. The van der Waals surface area contributed by atoms with Crippen molar-refractivity contribution in [2.75, 3.05) is 7.05 Å². The summed E-state index contributed by atoms with van der Waals surface area (Å²) < 4.78 is 40.6. The van der Waals surface area contributed by atoms with Gasteiger partial charge in [0.1, 0.15) is 5.66 Å². The van der Waals surface area contributed by atoms with Crippen LogP contribution < -0.4 is 11.0 Å². The number of aromatic nitrogens is 3. The molecule has 176 valence electrons. The van der Waals surface area contributed by atoms with Gasteiger partial charge in [-0.05, 0) is 73.6 Å². The van der Waals surface area contributed by atoms with E-state index in [2.05, 4.69) is 10.3 Å². The molecule has 4 rings (SSSR count). The smallest absolute Gasteiger partial charge is 0.446 e. The minimum Gasteiger partial charge on any atom is -0.493 e. The third kappa shape index (κ3) is 4.54. The SMILES string of the molecule is CNC(c1ccncc1)(C1CCCCC1)n1cc(O)n(-c2ccc(SC(F)(F)F)cc2)c1=O. The first-order chi connectivity index (χ1) is 15.8. The number of halogens is 3. The average molecular weight is 479 g/mol. The second-order valence-corrected chi connectivity index (χ2v) is 9.24. The van der Waals surface area contributed by atoms with Crippen LogP contribution in [0.1, 0.15) is 37.7 Å². The highest BCUT2D eigenvalue weighted by molar-refractivity contribution is 8.00. The number of rotatable bonds is 6. The number of imidazole rings is 1. The first kappa shape index (κ1) is 23.4. The Morgan fingerprint density at radius 1 is 1.06 bits per heavy atom. The Kier molecular flexibility index (Phi) is 6.58. The molecule has 10 heteroatoms. The molecule has 2 heterocycles. The molecule has 33 heavy (non-hydrogen) atoms. The topological polar surface area (TPSA) is 72.1 Å². The summed E-state index contributed by atoms with van der Waals surface area (Å²) in [6.07, 6.45) is 9.77. The van der Waals surface area contributed by atoms with E-state index in [1.54, 1.807) is 19.4 Å². The van der Waals surface area contributed by atoms with Gasteiger partial charge >= 0.3 is 11.2 Å². The maximum absolute atomic E-state index is 13.7. The fourth-order valence-corrected chi connectivity index (χ4v) is 5.43. The minimum absolute atomic E-state index is 0.00165. The molecule has 1 unspecified atom stereocenters. The van der Waals surface area contributed by atoms with Crippen LogP contribution in [0.25, 0.3) is 5.69 Å². The summed E-state index contributed by atoms with van der Waals surface area (Å²) >= 11 is -0.229. The first-order valence-electron chi connectivity index (χ1n) is 10.8. The fourth-order valence-electron chi connectivity index (χ4n) is 4.89. The molecule has 1 aromatic carbocycles. The zero-order valence-corrected chi connectivity index (χ0v) is 18.9. The zero-order valence-electron chi connectivity index (χ0n) is 18.0. The van der Waals surface area contributed by atoms with Crippen molar-refractivity contribution in [1.29, 1.82) is 0 Å². The van der Waals surface area contributed by atoms with Crippen LogP contribution in [-0.2, 0) is 5.66 Å². The van der Waals surface area contributed by atoms with Crippen LogP contribution in [0.3, 0.4) is 0 Å². The van der Waals surface area contributed by atoms with E-state index >= 15 is 0 Å². The average Bonchev–Trinajstić information content (AvgIpc) is 3.10. The van der Waals surface area contributed by atoms with E-state index in [4.69, 9.17) is 0 Å². The number of pyridine rings is 1. The maximum Gasteiger partial charge on any atom is 0.446 e. The fraction of sp³-hybridized carbons (Fsp3) is 0.391. The van der Waals surface area contributed by atoms with Gasteiger partial charge in [0.25, 0.3) is 0 Å². The monoisotopic (exact) mass is 478 g/mol. The molecule has 1 aliphatic carbocycles. The van der Waals surface area contributed by atoms with Crippen LogP contribution in [-0.4, -0.2) is 31.8 Å².